The molecular weight excluding hydrogens is 246 g/mol. The van der Waals surface area contributed by atoms with Crippen molar-refractivity contribution in [3.05, 3.63) is 45.9 Å². The van der Waals surface area contributed by atoms with E-state index in [4.69, 9.17) is 0 Å². The Morgan fingerprint density at radius 1 is 1.39 bits per heavy atom. The second-order valence-corrected chi connectivity index (χ2v) is 5.63. The lowest BCUT2D eigenvalue weighted by atomic mass is 10.2. The van der Waals surface area contributed by atoms with Crippen molar-refractivity contribution in [2.45, 2.75) is 36.7 Å². The zero-order chi connectivity index (χ0) is 12.5. The van der Waals surface area contributed by atoms with E-state index >= 15 is 0 Å². The van der Waals surface area contributed by atoms with Crippen molar-refractivity contribution >= 4 is 11.8 Å². The van der Waals surface area contributed by atoms with Gasteiger partial charge in [0.05, 0.1) is 0 Å². The highest BCUT2D eigenvalue weighted by atomic mass is 32.2. The fourth-order valence-corrected chi connectivity index (χ4v) is 2.85. The Morgan fingerprint density at radius 2 is 2.11 bits per heavy atom. The van der Waals surface area contributed by atoms with Gasteiger partial charge in [0, 0.05) is 11.8 Å². The van der Waals surface area contributed by atoms with Gasteiger partial charge in [-0.05, 0) is 25.3 Å². The highest BCUT2D eigenvalue weighted by Gasteiger charge is 2.28. The molecule has 1 heterocycles. The number of H-pyrrole nitrogens is 1. The van der Waals surface area contributed by atoms with Crippen molar-refractivity contribution in [1.82, 2.24) is 14.8 Å². The summed E-state index contributed by atoms with van der Waals surface area (Å²) in [6.45, 7) is 2.08. The van der Waals surface area contributed by atoms with Gasteiger partial charge >= 0.3 is 5.69 Å². The van der Waals surface area contributed by atoms with Gasteiger partial charge in [-0.3, -0.25) is 4.57 Å². The van der Waals surface area contributed by atoms with E-state index in [0.29, 0.717) is 6.04 Å². The first-order valence-corrected chi connectivity index (χ1v) is 7.08. The molecule has 0 saturated heterocycles. The number of aromatic nitrogens is 3. The number of aryl methyl sites for hydroxylation is 1. The van der Waals surface area contributed by atoms with Crippen LogP contribution >= 0.6 is 11.8 Å². The highest BCUT2D eigenvalue weighted by Crippen LogP contribution is 2.36. The Kier molecular flexibility index (Phi) is 2.99. The van der Waals surface area contributed by atoms with Crippen molar-refractivity contribution in [3.63, 3.8) is 0 Å². The number of hydrogen-bond donors (Lipinski definition) is 1. The fourth-order valence-electron chi connectivity index (χ4n) is 1.88. The fraction of sp³-hybridized carbons (Fsp3) is 0.385. The summed E-state index contributed by atoms with van der Waals surface area (Å²) in [6, 6.07) is 8.82. The molecule has 94 valence electrons. The topological polar surface area (TPSA) is 50.7 Å². The lowest BCUT2D eigenvalue weighted by Gasteiger charge is -2.03. The molecule has 1 aliphatic rings. The van der Waals surface area contributed by atoms with Crippen LogP contribution in [0, 0.1) is 6.92 Å². The van der Waals surface area contributed by atoms with Crippen LogP contribution in [-0.2, 0) is 5.75 Å². The lowest BCUT2D eigenvalue weighted by Crippen LogP contribution is -2.16. The number of nitrogens with one attached hydrogen (secondary N) is 1. The summed E-state index contributed by atoms with van der Waals surface area (Å²) in [5.41, 5.74) is 2.44. The Balaban J connectivity index is 1.73. The van der Waals surface area contributed by atoms with Crippen molar-refractivity contribution < 1.29 is 0 Å². The van der Waals surface area contributed by atoms with E-state index in [1.165, 1.54) is 11.1 Å². The molecule has 1 fully saturated rings. The SMILES string of the molecule is Cc1ccc(CSc2n[nH]c(=O)n2C2CC2)cc1. The van der Waals surface area contributed by atoms with Crippen molar-refractivity contribution in [2.75, 3.05) is 0 Å². The summed E-state index contributed by atoms with van der Waals surface area (Å²) in [4.78, 5) is 11.6. The van der Waals surface area contributed by atoms with Crippen LogP contribution in [0.5, 0.6) is 0 Å². The molecule has 18 heavy (non-hydrogen) atoms. The first kappa shape index (κ1) is 11.6. The molecule has 4 nitrogen and oxygen atoms in total. The van der Waals surface area contributed by atoms with Crippen LogP contribution in [0.2, 0.25) is 0 Å². The quantitative estimate of drug-likeness (QED) is 0.860. The van der Waals surface area contributed by atoms with Gasteiger partial charge in [0.2, 0.25) is 0 Å². The molecule has 0 atom stereocenters. The number of nitrogens with zero attached hydrogens (tertiary/aromatic N) is 2. The minimum Gasteiger partial charge on any atom is -0.267 e. The maximum Gasteiger partial charge on any atom is 0.344 e. The molecule has 0 spiro atoms. The summed E-state index contributed by atoms with van der Waals surface area (Å²) in [5, 5.41) is 7.45. The third kappa shape index (κ3) is 2.36. The second-order valence-electron chi connectivity index (χ2n) is 4.69. The monoisotopic (exact) mass is 261 g/mol. The Bertz CT molecular complexity index is 595. The zero-order valence-corrected chi connectivity index (χ0v) is 11.0. The number of aromatic amines is 1. The standard InChI is InChI=1S/C13H15N3OS/c1-9-2-4-10(5-3-9)8-18-13-15-14-12(17)16(13)11-6-7-11/h2-5,11H,6-8H2,1H3,(H,14,17). The van der Waals surface area contributed by atoms with E-state index < -0.39 is 0 Å². The maximum absolute atomic E-state index is 11.6. The van der Waals surface area contributed by atoms with Gasteiger partial charge in [-0.15, -0.1) is 5.10 Å². The van der Waals surface area contributed by atoms with Crippen LogP contribution < -0.4 is 5.69 Å². The van der Waals surface area contributed by atoms with Gasteiger partial charge in [-0.1, -0.05) is 41.6 Å². The molecule has 0 aliphatic heterocycles. The van der Waals surface area contributed by atoms with E-state index in [9.17, 15) is 4.79 Å². The molecule has 5 heteroatoms. The van der Waals surface area contributed by atoms with E-state index in [-0.39, 0.29) is 5.69 Å². The lowest BCUT2D eigenvalue weighted by molar-refractivity contribution is 0.642. The molecule has 1 saturated carbocycles. The molecule has 2 aromatic rings. The van der Waals surface area contributed by atoms with Gasteiger partial charge in [-0.25, -0.2) is 9.89 Å². The van der Waals surface area contributed by atoms with Crippen LogP contribution in [0.1, 0.15) is 30.0 Å². The van der Waals surface area contributed by atoms with Gasteiger partial charge < -0.3 is 0 Å². The van der Waals surface area contributed by atoms with Gasteiger partial charge in [0.15, 0.2) is 5.16 Å². The third-order valence-corrected chi connectivity index (χ3v) is 4.10. The third-order valence-electron chi connectivity index (χ3n) is 3.07. The Hall–Kier alpha value is -1.49. The van der Waals surface area contributed by atoms with Crippen LogP contribution in [0.15, 0.2) is 34.2 Å². The zero-order valence-electron chi connectivity index (χ0n) is 10.2. The second kappa shape index (κ2) is 4.65. The first-order valence-electron chi connectivity index (χ1n) is 6.09. The van der Waals surface area contributed by atoms with Crippen molar-refractivity contribution in [3.8, 4) is 0 Å². The van der Waals surface area contributed by atoms with Crippen LogP contribution in [0.3, 0.4) is 0 Å². The minimum absolute atomic E-state index is 0.0797. The predicted octanol–water partition coefficient (Wildman–Crippen LogP) is 2.51. The van der Waals surface area contributed by atoms with Crippen LogP contribution in [0.4, 0.5) is 0 Å². The number of thioether (sulfide) groups is 1. The molecule has 3 rings (SSSR count). The Labute approximate surface area is 109 Å². The molecular formula is C13H15N3OS. The largest absolute Gasteiger partial charge is 0.344 e. The first-order chi connectivity index (χ1) is 8.74. The average molecular weight is 261 g/mol. The normalized spacial score (nSPS) is 14.9. The van der Waals surface area contributed by atoms with Gasteiger partial charge in [0.1, 0.15) is 0 Å². The summed E-state index contributed by atoms with van der Waals surface area (Å²) in [5.74, 6) is 0.845. The van der Waals surface area contributed by atoms with E-state index in [1.807, 2.05) is 0 Å². The van der Waals surface area contributed by atoms with Crippen molar-refractivity contribution in [2.24, 2.45) is 0 Å². The number of hydrogen-bond acceptors (Lipinski definition) is 3. The number of rotatable bonds is 4. The summed E-state index contributed by atoms with van der Waals surface area (Å²) in [7, 11) is 0. The average Bonchev–Trinajstić information content (AvgIpc) is 3.13. The molecule has 0 bridgehead atoms. The molecule has 0 unspecified atom stereocenters. The van der Waals surface area contributed by atoms with Crippen LogP contribution in [0.25, 0.3) is 0 Å². The molecule has 1 aromatic carbocycles. The molecule has 1 N–H and O–H groups in total. The van der Waals surface area contributed by atoms with Crippen molar-refractivity contribution in [1.29, 1.82) is 0 Å². The maximum atomic E-state index is 11.6. The molecule has 1 aliphatic carbocycles. The van der Waals surface area contributed by atoms with E-state index in [0.717, 1.165) is 23.8 Å². The van der Waals surface area contributed by atoms with Gasteiger partial charge in [-0.2, -0.15) is 0 Å². The molecule has 1 aromatic heterocycles. The van der Waals surface area contributed by atoms with E-state index in [2.05, 4.69) is 41.4 Å². The summed E-state index contributed by atoms with van der Waals surface area (Å²) < 4.78 is 1.79. The van der Waals surface area contributed by atoms with Crippen LogP contribution in [-0.4, -0.2) is 14.8 Å². The molecule has 0 radical (unpaired) electrons. The molecule has 0 amide bonds. The summed E-state index contributed by atoms with van der Waals surface area (Å²) >= 11 is 1.62. The predicted molar refractivity (Wildman–Crippen MR) is 71.9 cm³/mol. The van der Waals surface area contributed by atoms with E-state index in [1.54, 1.807) is 16.3 Å². The summed E-state index contributed by atoms with van der Waals surface area (Å²) in [6.07, 6.45) is 2.19. The van der Waals surface area contributed by atoms with Gasteiger partial charge in [0.25, 0.3) is 0 Å². The minimum atomic E-state index is -0.0797. The highest BCUT2D eigenvalue weighted by molar-refractivity contribution is 7.98. The number of benzene rings is 1. The Morgan fingerprint density at radius 3 is 2.78 bits per heavy atom. The smallest absolute Gasteiger partial charge is 0.267 e.